The highest BCUT2D eigenvalue weighted by molar-refractivity contribution is 5.80. The van der Waals surface area contributed by atoms with E-state index >= 15 is 0 Å². The minimum atomic E-state index is -0.0909. The molecule has 5 heteroatoms. The van der Waals surface area contributed by atoms with Gasteiger partial charge in [-0.1, -0.05) is 44.2 Å². The maximum absolute atomic E-state index is 11.7. The summed E-state index contributed by atoms with van der Waals surface area (Å²) in [4.78, 5) is 18.8. The number of hydrogen-bond donors (Lipinski definition) is 1. The molecule has 1 aliphatic heterocycles. The molecule has 138 valence electrons. The summed E-state index contributed by atoms with van der Waals surface area (Å²) in [6.07, 6.45) is 1.64. The monoisotopic (exact) mass is 345 g/mol. The van der Waals surface area contributed by atoms with Gasteiger partial charge in [0.25, 0.3) is 0 Å². The first-order valence-electron chi connectivity index (χ1n) is 9.14. The van der Waals surface area contributed by atoms with Gasteiger partial charge >= 0.3 is 5.97 Å². The van der Waals surface area contributed by atoms with Crippen molar-refractivity contribution < 1.29 is 9.53 Å². The Morgan fingerprint density at radius 3 is 2.48 bits per heavy atom. The van der Waals surface area contributed by atoms with Gasteiger partial charge in [0.05, 0.1) is 19.6 Å². The van der Waals surface area contributed by atoms with Crippen molar-refractivity contribution in [2.24, 2.45) is 10.9 Å². The Labute approximate surface area is 151 Å². The largest absolute Gasteiger partial charge is 0.469 e. The van der Waals surface area contributed by atoms with Crippen LogP contribution in [-0.2, 0) is 14.9 Å². The molecule has 0 unspecified atom stereocenters. The highest BCUT2D eigenvalue weighted by atomic mass is 16.5. The summed E-state index contributed by atoms with van der Waals surface area (Å²) in [5, 5.41) is 3.39. The number of benzene rings is 1. The Kier molecular flexibility index (Phi) is 6.85. The smallest absolute Gasteiger partial charge is 0.308 e. The van der Waals surface area contributed by atoms with Crippen LogP contribution in [0.25, 0.3) is 0 Å². The van der Waals surface area contributed by atoms with Gasteiger partial charge in [-0.25, -0.2) is 0 Å². The number of guanidine groups is 1. The standard InChI is InChI=1S/C20H31N3O2/c1-5-21-19(23-13-11-16(12-14-23)18(24)25-4)22-15-20(2,3)17-9-7-6-8-10-17/h6-10,16H,5,11-15H2,1-4H3,(H,21,22). The van der Waals surface area contributed by atoms with E-state index in [0.717, 1.165) is 45.0 Å². The maximum atomic E-state index is 11.7. The van der Waals surface area contributed by atoms with Crippen molar-refractivity contribution in [2.75, 3.05) is 33.3 Å². The molecule has 0 amide bonds. The van der Waals surface area contributed by atoms with Gasteiger partial charge in [0.2, 0.25) is 0 Å². The van der Waals surface area contributed by atoms with E-state index in [2.05, 4.69) is 55.3 Å². The molecule has 0 spiro atoms. The van der Waals surface area contributed by atoms with Gasteiger partial charge in [-0.3, -0.25) is 9.79 Å². The highest BCUT2D eigenvalue weighted by Gasteiger charge is 2.27. The molecule has 2 rings (SSSR count). The fourth-order valence-electron chi connectivity index (χ4n) is 3.17. The second-order valence-corrected chi connectivity index (χ2v) is 7.20. The molecule has 0 aromatic heterocycles. The third-order valence-corrected chi connectivity index (χ3v) is 4.84. The second-order valence-electron chi connectivity index (χ2n) is 7.20. The van der Waals surface area contributed by atoms with Crippen molar-refractivity contribution in [3.63, 3.8) is 0 Å². The van der Waals surface area contributed by atoms with Gasteiger partial charge in [0.1, 0.15) is 0 Å². The van der Waals surface area contributed by atoms with Crippen LogP contribution in [-0.4, -0.2) is 50.1 Å². The molecule has 5 nitrogen and oxygen atoms in total. The van der Waals surface area contributed by atoms with Crippen LogP contribution >= 0.6 is 0 Å². The number of methoxy groups -OCH3 is 1. The first-order valence-corrected chi connectivity index (χ1v) is 9.14. The Morgan fingerprint density at radius 1 is 1.28 bits per heavy atom. The molecule has 1 aromatic rings. The minimum Gasteiger partial charge on any atom is -0.469 e. The van der Waals surface area contributed by atoms with E-state index in [0.29, 0.717) is 0 Å². The first kappa shape index (κ1) is 19.3. The zero-order valence-corrected chi connectivity index (χ0v) is 15.9. The van der Waals surface area contributed by atoms with Crippen LogP contribution in [0.5, 0.6) is 0 Å². The Bertz CT molecular complexity index is 576. The van der Waals surface area contributed by atoms with E-state index in [1.54, 1.807) is 0 Å². The van der Waals surface area contributed by atoms with Gasteiger partial charge in [-0.05, 0) is 25.3 Å². The van der Waals surface area contributed by atoms with Gasteiger partial charge < -0.3 is 15.0 Å². The SMILES string of the molecule is CCNC(=NCC(C)(C)c1ccccc1)N1CCC(C(=O)OC)CC1. The Hall–Kier alpha value is -2.04. The number of likely N-dealkylation sites (tertiary alicyclic amines) is 1. The molecule has 1 fully saturated rings. The summed E-state index contributed by atoms with van der Waals surface area (Å²) in [7, 11) is 1.46. The van der Waals surface area contributed by atoms with Gasteiger partial charge in [-0.15, -0.1) is 0 Å². The predicted molar refractivity (Wildman–Crippen MR) is 102 cm³/mol. The van der Waals surface area contributed by atoms with Crippen molar-refractivity contribution in [3.05, 3.63) is 35.9 Å². The molecule has 1 heterocycles. The molecule has 0 radical (unpaired) electrons. The zero-order valence-electron chi connectivity index (χ0n) is 15.9. The number of rotatable bonds is 5. The van der Waals surface area contributed by atoms with Crippen LogP contribution in [0, 0.1) is 5.92 Å². The Morgan fingerprint density at radius 2 is 1.92 bits per heavy atom. The van der Waals surface area contributed by atoms with Crippen molar-refractivity contribution in [1.29, 1.82) is 0 Å². The quantitative estimate of drug-likeness (QED) is 0.506. The number of ether oxygens (including phenoxy) is 1. The predicted octanol–water partition coefficient (Wildman–Crippen LogP) is 2.81. The molecule has 1 aromatic carbocycles. The number of piperidine rings is 1. The number of aliphatic imine (C=N–C) groups is 1. The summed E-state index contributed by atoms with van der Waals surface area (Å²) in [5.41, 5.74) is 1.27. The van der Waals surface area contributed by atoms with E-state index in [1.807, 2.05) is 6.07 Å². The molecule has 0 bridgehead atoms. The summed E-state index contributed by atoms with van der Waals surface area (Å²) in [6.45, 7) is 9.74. The van der Waals surface area contributed by atoms with Gasteiger partial charge in [0.15, 0.2) is 5.96 Å². The number of nitrogens with zero attached hydrogens (tertiary/aromatic N) is 2. The van der Waals surface area contributed by atoms with Crippen molar-refractivity contribution in [3.8, 4) is 0 Å². The fraction of sp³-hybridized carbons (Fsp3) is 0.600. The lowest BCUT2D eigenvalue weighted by atomic mass is 9.85. The van der Waals surface area contributed by atoms with E-state index in [1.165, 1.54) is 12.7 Å². The number of carbonyl (C=O) groups is 1. The maximum Gasteiger partial charge on any atom is 0.308 e. The zero-order chi connectivity index (χ0) is 18.3. The van der Waals surface area contributed by atoms with E-state index < -0.39 is 0 Å². The summed E-state index contributed by atoms with van der Waals surface area (Å²) < 4.78 is 4.87. The Balaban J connectivity index is 2.03. The van der Waals surface area contributed by atoms with E-state index in [9.17, 15) is 4.79 Å². The van der Waals surface area contributed by atoms with Crippen LogP contribution in [0.1, 0.15) is 39.2 Å². The lowest BCUT2D eigenvalue weighted by Gasteiger charge is -2.34. The minimum absolute atomic E-state index is 0.0184. The lowest BCUT2D eigenvalue weighted by Crippen LogP contribution is -2.47. The number of nitrogens with one attached hydrogen (secondary N) is 1. The molecule has 25 heavy (non-hydrogen) atoms. The van der Waals surface area contributed by atoms with Crippen molar-refractivity contribution in [2.45, 2.75) is 39.0 Å². The van der Waals surface area contributed by atoms with Crippen LogP contribution in [0.2, 0.25) is 0 Å². The molecule has 1 saturated heterocycles. The summed E-state index contributed by atoms with van der Waals surface area (Å²) >= 11 is 0. The topological polar surface area (TPSA) is 53.9 Å². The number of carbonyl (C=O) groups excluding carboxylic acids is 1. The molecule has 1 N–H and O–H groups in total. The fourth-order valence-corrected chi connectivity index (χ4v) is 3.17. The van der Waals surface area contributed by atoms with Crippen LogP contribution in [0.3, 0.4) is 0 Å². The average Bonchev–Trinajstić information content (AvgIpc) is 2.65. The van der Waals surface area contributed by atoms with E-state index in [-0.39, 0.29) is 17.3 Å². The lowest BCUT2D eigenvalue weighted by molar-refractivity contribution is -0.146. The normalized spacial score (nSPS) is 16.6. The molecule has 0 aliphatic carbocycles. The molecule has 0 saturated carbocycles. The van der Waals surface area contributed by atoms with Gasteiger partial charge in [-0.2, -0.15) is 0 Å². The summed E-state index contributed by atoms with van der Waals surface area (Å²) in [5.74, 6) is 0.867. The molecular formula is C20H31N3O2. The third kappa shape index (κ3) is 5.21. The van der Waals surface area contributed by atoms with Crippen molar-refractivity contribution in [1.82, 2.24) is 10.2 Å². The van der Waals surface area contributed by atoms with Crippen molar-refractivity contribution >= 4 is 11.9 Å². The van der Waals surface area contributed by atoms with Crippen LogP contribution in [0.15, 0.2) is 35.3 Å². The number of hydrogen-bond acceptors (Lipinski definition) is 3. The molecular weight excluding hydrogens is 314 g/mol. The third-order valence-electron chi connectivity index (χ3n) is 4.84. The first-order chi connectivity index (χ1) is 12.0. The second kappa shape index (κ2) is 8.88. The molecule has 0 atom stereocenters. The van der Waals surface area contributed by atoms with Gasteiger partial charge in [0, 0.05) is 25.0 Å². The highest BCUT2D eigenvalue weighted by Crippen LogP contribution is 2.24. The average molecular weight is 345 g/mol. The molecule has 1 aliphatic rings. The van der Waals surface area contributed by atoms with Crippen LogP contribution in [0.4, 0.5) is 0 Å². The number of esters is 1. The van der Waals surface area contributed by atoms with E-state index in [4.69, 9.17) is 9.73 Å². The summed E-state index contributed by atoms with van der Waals surface area (Å²) in [6, 6.07) is 10.5. The van der Waals surface area contributed by atoms with Crippen LogP contribution < -0.4 is 5.32 Å².